The van der Waals surface area contributed by atoms with Gasteiger partial charge in [0.1, 0.15) is 12.3 Å². The molecule has 0 saturated carbocycles. The summed E-state index contributed by atoms with van der Waals surface area (Å²) in [6, 6.07) is 0. The van der Waals surface area contributed by atoms with E-state index in [1.165, 1.54) is 0 Å². The summed E-state index contributed by atoms with van der Waals surface area (Å²) in [6.45, 7) is 2.23. The van der Waals surface area contributed by atoms with Crippen LogP contribution in [0.3, 0.4) is 0 Å². The summed E-state index contributed by atoms with van der Waals surface area (Å²) in [5.41, 5.74) is -0.200. The minimum absolute atomic E-state index is 0.116. The second-order valence-corrected chi connectivity index (χ2v) is 3.33. The summed E-state index contributed by atoms with van der Waals surface area (Å²) in [5, 5.41) is 0. The molecule has 0 aliphatic carbocycles. The lowest BCUT2D eigenvalue weighted by Crippen LogP contribution is -2.21. The molecular formula is C5H8BrFO. The van der Waals surface area contributed by atoms with Crippen molar-refractivity contribution in [3.63, 3.8) is 0 Å². The number of halogens is 2. The quantitative estimate of drug-likeness (QED) is 0.466. The Labute approximate surface area is 56.3 Å². The lowest BCUT2D eigenvalue weighted by atomic mass is 10.1. The van der Waals surface area contributed by atoms with Gasteiger partial charge >= 0.3 is 0 Å². The van der Waals surface area contributed by atoms with Crippen LogP contribution in [0.15, 0.2) is 0 Å². The van der Waals surface area contributed by atoms with E-state index < -0.39 is 0 Å². The number of rotatable bonds is 2. The fourth-order valence-electron chi connectivity index (χ4n) is 0.458. The van der Waals surface area contributed by atoms with Crippen LogP contribution in [-0.2, 0) is 4.74 Å². The van der Waals surface area contributed by atoms with E-state index in [1.54, 1.807) is 0 Å². The zero-order chi connectivity index (χ0) is 6.20. The van der Waals surface area contributed by atoms with Crippen molar-refractivity contribution >= 4 is 15.9 Å². The third kappa shape index (κ3) is 1.03. The van der Waals surface area contributed by atoms with E-state index in [1.807, 2.05) is 6.92 Å². The summed E-state index contributed by atoms with van der Waals surface area (Å²) in [4.78, 5) is -0.116. The predicted octanol–water partition coefficient (Wildman–Crippen LogP) is 1.51. The van der Waals surface area contributed by atoms with Crippen molar-refractivity contribution in [2.45, 2.75) is 17.4 Å². The zero-order valence-corrected chi connectivity index (χ0v) is 6.24. The summed E-state index contributed by atoms with van der Waals surface area (Å²) < 4.78 is 16.8. The SMILES string of the molecule is CC1(C(Br)CF)CO1. The van der Waals surface area contributed by atoms with Crippen LogP contribution in [0, 0.1) is 0 Å². The molecule has 0 aromatic heterocycles. The summed E-state index contributed by atoms with van der Waals surface area (Å²) in [5.74, 6) is 0. The lowest BCUT2D eigenvalue weighted by molar-refractivity contribution is 0.295. The predicted molar refractivity (Wildman–Crippen MR) is 33.0 cm³/mol. The van der Waals surface area contributed by atoms with Gasteiger partial charge in [-0.05, 0) is 6.92 Å². The van der Waals surface area contributed by atoms with Gasteiger partial charge in [0, 0.05) is 0 Å². The first kappa shape index (κ1) is 6.49. The molecule has 1 aliphatic rings. The smallest absolute Gasteiger partial charge is 0.105 e. The second-order valence-electron chi connectivity index (χ2n) is 2.22. The van der Waals surface area contributed by atoms with E-state index >= 15 is 0 Å². The third-order valence-electron chi connectivity index (χ3n) is 1.40. The topological polar surface area (TPSA) is 12.5 Å². The van der Waals surface area contributed by atoms with Crippen LogP contribution in [0.5, 0.6) is 0 Å². The molecule has 2 unspecified atom stereocenters. The average Bonchev–Trinajstić information content (AvgIpc) is 2.47. The maximum absolute atomic E-state index is 11.8. The highest BCUT2D eigenvalue weighted by Gasteiger charge is 2.45. The van der Waals surface area contributed by atoms with Gasteiger partial charge in [-0.1, -0.05) is 15.9 Å². The highest BCUT2D eigenvalue weighted by atomic mass is 79.9. The maximum Gasteiger partial charge on any atom is 0.105 e. The van der Waals surface area contributed by atoms with Gasteiger partial charge < -0.3 is 4.74 Å². The Balaban J connectivity index is 2.34. The molecule has 1 heterocycles. The van der Waals surface area contributed by atoms with Gasteiger partial charge in [-0.3, -0.25) is 0 Å². The Kier molecular flexibility index (Phi) is 1.59. The summed E-state index contributed by atoms with van der Waals surface area (Å²) in [7, 11) is 0. The number of epoxide rings is 1. The van der Waals surface area contributed by atoms with Gasteiger partial charge in [0.25, 0.3) is 0 Å². The maximum atomic E-state index is 11.8. The third-order valence-corrected chi connectivity index (χ3v) is 2.61. The van der Waals surface area contributed by atoms with Crippen molar-refractivity contribution < 1.29 is 9.13 Å². The van der Waals surface area contributed by atoms with Crippen molar-refractivity contribution in [1.29, 1.82) is 0 Å². The van der Waals surface area contributed by atoms with Crippen LogP contribution in [0.2, 0.25) is 0 Å². The van der Waals surface area contributed by atoms with E-state index in [-0.39, 0.29) is 17.1 Å². The Hall–Kier alpha value is 0.370. The minimum Gasteiger partial charge on any atom is -0.369 e. The van der Waals surface area contributed by atoms with Gasteiger partial charge in [0.2, 0.25) is 0 Å². The van der Waals surface area contributed by atoms with Crippen LogP contribution < -0.4 is 0 Å². The van der Waals surface area contributed by atoms with Gasteiger partial charge in [-0.25, -0.2) is 4.39 Å². The van der Waals surface area contributed by atoms with Gasteiger partial charge in [0.15, 0.2) is 0 Å². The Morgan fingerprint density at radius 1 is 2.00 bits per heavy atom. The molecule has 2 atom stereocenters. The highest BCUT2D eigenvalue weighted by molar-refractivity contribution is 9.09. The molecule has 0 aromatic carbocycles. The first-order valence-electron chi connectivity index (χ1n) is 2.53. The largest absolute Gasteiger partial charge is 0.369 e. The highest BCUT2D eigenvalue weighted by Crippen LogP contribution is 2.34. The standard InChI is InChI=1S/C5H8BrFO/c1-5(3-8-5)4(6)2-7/h4H,2-3H2,1H3. The van der Waals surface area contributed by atoms with Gasteiger partial charge in [-0.2, -0.15) is 0 Å². The van der Waals surface area contributed by atoms with Crippen molar-refractivity contribution in [2.24, 2.45) is 0 Å². The molecule has 1 rings (SSSR count). The molecule has 0 bridgehead atoms. The number of hydrogen-bond acceptors (Lipinski definition) is 1. The first-order valence-corrected chi connectivity index (χ1v) is 3.44. The fraction of sp³-hybridized carbons (Fsp3) is 1.00. The number of alkyl halides is 2. The number of ether oxygens (including phenoxy) is 1. The van der Waals surface area contributed by atoms with Crippen LogP contribution in [-0.4, -0.2) is 23.7 Å². The summed E-state index contributed by atoms with van der Waals surface area (Å²) in [6.07, 6.45) is 0. The Bertz CT molecular complexity index is 92.4. The molecule has 1 saturated heterocycles. The lowest BCUT2D eigenvalue weighted by Gasteiger charge is -2.07. The van der Waals surface area contributed by atoms with Crippen molar-refractivity contribution in [3.05, 3.63) is 0 Å². The molecule has 0 amide bonds. The molecule has 0 radical (unpaired) electrons. The average molecular weight is 183 g/mol. The molecule has 8 heavy (non-hydrogen) atoms. The molecule has 3 heteroatoms. The van der Waals surface area contributed by atoms with Crippen molar-refractivity contribution in [1.82, 2.24) is 0 Å². The molecule has 0 spiro atoms. The number of hydrogen-bond donors (Lipinski definition) is 0. The second kappa shape index (κ2) is 1.95. The zero-order valence-electron chi connectivity index (χ0n) is 4.66. The van der Waals surface area contributed by atoms with Crippen LogP contribution >= 0.6 is 15.9 Å². The van der Waals surface area contributed by atoms with Crippen molar-refractivity contribution in [3.8, 4) is 0 Å². The first-order chi connectivity index (χ1) is 3.69. The Morgan fingerprint density at radius 3 is 2.62 bits per heavy atom. The van der Waals surface area contributed by atoms with Crippen LogP contribution in [0.4, 0.5) is 4.39 Å². The van der Waals surface area contributed by atoms with E-state index in [0.717, 1.165) is 0 Å². The van der Waals surface area contributed by atoms with E-state index in [0.29, 0.717) is 6.61 Å². The molecule has 1 nitrogen and oxygen atoms in total. The molecule has 48 valence electrons. The monoisotopic (exact) mass is 182 g/mol. The van der Waals surface area contributed by atoms with Gasteiger partial charge in [0.05, 0.1) is 11.4 Å². The van der Waals surface area contributed by atoms with Gasteiger partial charge in [-0.15, -0.1) is 0 Å². The Morgan fingerprint density at radius 2 is 2.50 bits per heavy atom. The van der Waals surface area contributed by atoms with Crippen molar-refractivity contribution in [2.75, 3.05) is 13.3 Å². The molecule has 0 aromatic rings. The molecule has 0 N–H and O–H groups in total. The molecule has 1 aliphatic heterocycles. The van der Waals surface area contributed by atoms with E-state index in [2.05, 4.69) is 15.9 Å². The normalized spacial score (nSPS) is 39.4. The van der Waals surface area contributed by atoms with E-state index in [9.17, 15) is 4.39 Å². The van der Waals surface area contributed by atoms with Crippen LogP contribution in [0.25, 0.3) is 0 Å². The fourth-order valence-corrected chi connectivity index (χ4v) is 0.722. The summed E-state index contributed by atoms with van der Waals surface area (Å²) >= 11 is 3.16. The molecular weight excluding hydrogens is 175 g/mol. The van der Waals surface area contributed by atoms with E-state index in [4.69, 9.17) is 4.74 Å². The van der Waals surface area contributed by atoms with Crippen LogP contribution in [0.1, 0.15) is 6.92 Å². The molecule has 1 fully saturated rings. The minimum atomic E-state index is -0.351.